The molecular formula is C21H19Cl2N3O4. The maximum Gasteiger partial charge on any atom is 0.411 e. The average Bonchev–Trinajstić information content (AvgIpc) is 3.19. The molecule has 0 radical (unpaired) electrons. The Bertz CT molecular complexity index is 1030. The van der Waals surface area contributed by atoms with Crippen LogP contribution < -0.4 is 10.2 Å². The van der Waals surface area contributed by atoms with Gasteiger partial charge in [-0.25, -0.2) is 14.5 Å². The van der Waals surface area contributed by atoms with E-state index in [1.54, 1.807) is 36.4 Å². The fraction of sp³-hybridized carbons (Fsp3) is 0.286. The van der Waals surface area contributed by atoms with E-state index in [-0.39, 0.29) is 18.9 Å². The van der Waals surface area contributed by atoms with Crippen LogP contribution in [0.25, 0.3) is 0 Å². The third-order valence-corrected chi connectivity index (χ3v) is 6.13. The molecule has 0 unspecified atom stereocenters. The number of carbonyl (C=O) groups is 3. The lowest BCUT2D eigenvalue weighted by Gasteiger charge is -2.19. The summed E-state index contributed by atoms with van der Waals surface area (Å²) >= 11 is 12.2. The number of nitrogens with zero attached hydrogens (tertiary/aromatic N) is 2. The summed E-state index contributed by atoms with van der Waals surface area (Å²) in [4.78, 5) is 40.4. The number of rotatable bonds is 3. The number of nitrogens with one attached hydrogen (secondary N) is 1. The van der Waals surface area contributed by atoms with Crippen molar-refractivity contribution in [1.29, 1.82) is 0 Å². The van der Waals surface area contributed by atoms with E-state index in [1.165, 1.54) is 4.90 Å². The lowest BCUT2D eigenvalue weighted by Crippen LogP contribution is -2.36. The molecule has 1 N–H and O–H groups in total. The first-order valence-electron chi connectivity index (χ1n) is 9.39. The fourth-order valence-electron chi connectivity index (χ4n) is 3.63. The molecule has 2 fully saturated rings. The zero-order valence-electron chi connectivity index (χ0n) is 16.3. The highest BCUT2D eigenvalue weighted by atomic mass is 35.5. The largest absolute Gasteiger partial charge is 0.444 e. The molecular weight excluding hydrogens is 429 g/mol. The molecule has 0 aliphatic carbocycles. The first-order valence-corrected chi connectivity index (χ1v) is 10.1. The van der Waals surface area contributed by atoms with Crippen molar-refractivity contribution in [2.24, 2.45) is 0 Å². The van der Waals surface area contributed by atoms with Crippen molar-refractivity contribution in [3.05, 3.63) is 57.6 Å². The summed E-state index contributed by atoms with van der Waals surface area (Å²) in [5, 5.41) is 3.62. The van der Waals surface area contributed by atoms with Crippen LogP contribution in [-0.2, 0) is 9.53 Å². The second-order valence-electron chi connectivity index (χ2n) is 7.41. The summed E-state index contributed by atoms with van der Waals surface area (Å²) in [6.07, 6.45) is -1.00. The number of ether oxygens (including phenoxy) is 1. The Hall–Kier alpha value is -2.77. The third kappa shape index (κ3) is 3.70. The molecule has 2 heterocycles. The minimum Gasteiger partial charge on any atom is -0.444 e. The lowest BCUT2D eigenvalue weighted by molar-refractivity contribution is -0.119. The Morgan fingerprint density at radius 1 is 1.07 bits per heavy atom. The number of halogens is 2. The van der Waals surface area contributed by atoms with E-state index in [1.807, 2.05) is 13.8 Å². The number of amides is 4. The molecule has 9 heteroatoms. The van der Waals surface area contributed by atoms with Crippen molar-refractivity contribution in [3.63, 3.8) is 0 Å². The second-order valence-corrected chi connectivity index (χ2v) is 8.22. The number of fused-ring (bicyclic) bond motifs is 1. The van der Waals surface area contributed by atoms with Gasteiger partial charge in [0.1, 0.15) is 12.1 Å². The maximum absolute atomic E-state index is 12.8. The number of carbonyl (C=O) groups excluding carboxylic acids is 3. The molecule has 0 bridgehead atoms. The van der Waals surface area contributed by atoms with Crippen molar-refractivity contribution >= 4 is 52.6 Å². The highest BCUT2D eigenvalue weighted by Gasteiger charge is 2.52. The first-order chi connectivity index (χ1) is 14.2. The van der Waals surface area contributed by atoms with Crippen LogP contribution in [0.2, 0.25) is 10.0 Å². The van der Waals surface area contributed by atoms with Gasteiger partial charge in [0.05, 0.1) is 12.2 Å². The van der Waals surface area contributed by atoms with E-state index in [9.17, 15) is 14.4 Å². The van der Waals surface area contributed by atoms with Crippen LogP contribution in [-0.4, -0.2) is 41.6 Å². The van der Waals surface area contributed by atoms with Gasteiger partial charge in [-0.1, -0.05) is 35.3 Å². The van der Waals surface area contributed by atoms with Gasteiger partial charge in [-0.05, 0) is 49.2 Å². The van der Waals surface area contributed by atoms with Crippen molar-refractivity contribution in [2.75, 3.05) is 16.8 Å². The van der Waals surface area contributed by atoms with Gasteiger partial charge in [-0.2, -0.15) is 0 Å². The second kappa shape index (κ2) is 7.81. The smallest absolute Gasteiger partial charge is 0.411 e. The molecule has 30 heavy (non-hydrogen) atoms. The summed E-state index contributed by atoms with van der Waals surface area (Å²) in [6, 6.07) is 9.07. The van der Waals surface area contributed by atoms with E-state index < -0.39 is 24.3 Å². The molecule has 4 rings (SSSR count). The van der Waals surface area contributed by atoms with Gasteiger partial charge < -0.3 is 9.64 Å². The number of urea groups is 1. The Morgan fingerprint density at radius 2 is 1.73 bits per heavy atom. The average molecular weight is 448 g/mol. The molecule has 0 spiro atoms. The predicted octanol–water partition coefficient (Wildman–Crippen LogP) is 4.77. The van der Waals surface area contributed by atoms with Gasteiger partial charge in [0.2, 0.25) is 0 Å². The molecule has 2 aromatic carbocycles. The normalized spacial score (nSPS) is 20.5. The van der Waals surface area contributed by atoms with Gasteiger partial charge in [-0.15, -0.1) is 0 Å². The summed E-state index contributed by atoms with van der Waals surface area (Å²) in [5.74, 6) is -0.350. The topological polar surface area (TPSA) is 79.0 Å². The van der Waals surface area contributed by atoms with Crippen molar-refractivity contribution in [1.82, 2.24) is 4.90 Å². The highest BCUT2D eigenvalue weighted by molar-refractivity contribution is 6.32. The number of aryl methyl sites for hydroxylation is 2. The van der Waals surface area contributed by atoms with Crippen molar-refractivity contribution < 1.29 is 19.1 Å². The molecule has 0 aromatic heterocycles. The third-order valence-electron chi connectivity index (χ3n) is 5.31. The molecule has 2 saturated heterocycles. The van der Waals surface area contributed by atoms with E-state index in [0.717, 1.165) is 16.0 Å². The zero-order chi connectivity index (χ0) is 21.6. The maximum atomic E-state index is 12.8. The molecule has 156 valence electrons. The lowest BCUT2D eigenvalue weighted by atomic mass is 10.1. The Morgan fingerprint density at radius 3 is 2.37 bits per heavy atom. The summed E-state index contributed by atoms with van der Waals surface area (Å²) in [7, 11) is 0. The minimum atomic E-state index is -0.664. The molecule has 2 atom stereocenters. The van der Waals surface area contributed by atoms with E-state index in [0.29, 0.717) is 21.4 Å². The standard InChI is InChI=1S/C21H19Cl2N3O4/c1-11-3-5-13(7-16(11)22)24-20(28)30-15-9-18-19(27)26(21(29)25(18)10-15)14-6-4-12(2)17(23)8-14/h3-8,15,18H,9-10H2,1-2H3,(H,24,28)/t15-,18+/m1/s1. The zero-order valence-corrected chi connectivity index (χ0v) is 17.8. The van der Waals surface area contributed by atoms with Gasteiger partial charge in [0.15, 0.2) is 0 Å². The van der Waals surface area contributed by atoms with Crippen LogP contribution >= 0.6 is 23.2 Å². The molecule has 0 saturated carbocycles. The van der Waals surface area contributed by atoms with Gasteiger partial charge in [-0.3, -0.25) is 10.1 Å². The summed E-state index contributed by atoms with van der Waals surface area (Å²) in [5.41, 5.74) is 2.68. The minimum absolute atomic E-state index is 0.146. The number of benzene rings is 2. The van der Waals surface area contributed by atoms with Crippen LogP contribution in [0.1, 0.15) is 17.5 Å². The van der Waals surface area contributed by atoms with Crippen LogP contribution in [0.15, 0.2) is 36.4 Å². The van der Waals surface area contributed by atoms with Gasteiger partial charge in [0, 0.05) is 22.2 Å². The van der Waals surface area contributed by atoms with Crippen LogP contribution in [0.4, 0.5) is 21.0 Å². The molecule has 2 aliphatic heterocycles. The SMILES string of the molecule is Cc1ccc(NC(=O)O[C@@H]2C[C@H]3C(=O)N(c4ccc(C)c(Cl)c4)C(=O)N3C2)cc1Cl. The highest BCUT2D eigenvalue weighted by Crippen LogP contribution is 2.34. The fourth-order valence-corrected chi connectivity index (χ4v) is 3.98. The van der Waals surface area contributed by atoms with E-state index in [2.05, 4.69) is 5.32 Å². The Balaban J connectivity index is 1.40. The summed E-state index contributed by atoms with van der Waals surface area (Å²) in [6.45, 7) is 3.85. The molecule has 2 aliphatic rings. The summed E-state index contributed by atoms with van der Waals surface area (Å²) < 4.78 is 5.42. The predicted molar refractivity (Wildman–Crippen MR) is 114 cm³/mol. The Labute approximate surface area is 183 Å². The van der Waals surface area contributed by atoms with Crippen LogP contribution in [0.3, 0.4) is 0 Å². The van der Waals surface area contributed by atoms with Gasteiger partial charge in [0.25, 0.3) is 5.91 Å². The van der Waals surface area contributed by atoms with Crippen molar-refractivity contribution in [2.45, 2.75) is 32.4 Å². The molecule has 4 amide bonds. The van der Waals surface area contributed by atoms with Crippen LogP contribution in [0, 0.1) is 13.8 Å². The molecule has 2 aromatic rings. The first kappa shape index (κ1) is 20.5. The van der Waals surface area contributed by atoms with E-state index >= 15 is 0 Å². The number of hydrogen-bond donors (Lipinski definition) is 1. The Kier molecular flexibility index (Phi) is 5.34. The molecule has 7 nitrogen and oxygen atoms in total. The van der Waals surface area contributed by atoms with E-state index in [4.69, 9.17) is 27.9 Å². The number of anilines is 2. The monoisotopic (exact) mass is 447 g/mol. The quantitative estimate of drug-likeness (QED) is 0.687. The number of hydrogen-bond acceptors (Lipinski definition) is 4. The number of imide groups is 1. The van der Waals surface area contributed by atoms with Crippen molar-refractivity contribution in [3.8, 4) is 0 Å². The van der Waals surface area contributed by atoms with Crippen LogP contribution in [0.5, 0.6) is 0 Å². The van der Waals surface area contributed by atoms with Gasteiger partial charge >= 0.3 is 12.1 Å².